The Hall–Kier alpha value is -1.09. The SMILES string of the molecule is C=CN=C1CN(C)C/C1=C/N. The Morgan fingerprint density at radius 3 is 2.91 bits per heavy atom. The van der Waals surface area contributed by atoms with Gasteiger partial charge in [-0.1, -0.05) is 6.58 Å². The van der Waals surface area contributed by atoms with E-state index in [9.17, 15) is 0 Å². The van der Waals surface area contributed by atoms with Crippen molar-refractivity contribution in [2.24, 2.45) is 10.7 Å². The zero-order valence-corrected chi connectivity index (χ0v) is 6.75. The summed E-state index contributed by atoms with van der Waals surface area (Å²) in [5, 5.41) is 0. The van der Waals surface area contributed by atoms with Crippen LogP contribution in [0.2, 0.25) is 0 Å². The zero-order valence-electron chi connectivity index (χ0n) is 6.75. The predicted octanol–water partition coefficient (Wildman–Crippen LogP) is 0.359. The van der Waals surface area contributed by atoms with E-state index in [0.29, 0.717) is 0 Å². The lowest BCUT2D eigenvalue weighted by atomic mass is 10.2. The second-order valence-corrected chi connectivity index (χ2v) is 2.62. The summed E-state index contributed by atoms with van der Waals surface area (Å²) in [5.74, 6) is 0. The van der Waals surface area contributed by atoms with Gasteiger partial charge in [0, 0.05) is 31.1 Å². The first-order valence-corrected chi connectivity index (χ1v) is 3.55. The van der Waals surface area contributed by atoms with E-state index in [1.54, 1.807) is 12.4 Å². The lowest BCUT2D eigenvalue weighted by Gasteiger charge is -2.00. The average molecular weight is 151 g/mol. The Bertz CT molecular complexity index is 215. The lowest BCUT2D eigenvalue weighted by molar-refractivity contribution is 0.445. The van der Waals surface area contributed by atoms with Crippen molar-refractivity contribution in [2.75, 3.05) is 20.1 Å². The Morgan fingerprint density at radius 1 is 1.64 bits per heavy atom. The van der Waals surface area contributed by atoms with Crippen LogP contribution in [0.5, 0.6) is 0 Å². The molecule has 1 aliphatic rings. The van der Waals surface area contributed by atoms with Crippen LogP contribution >= 0.6 is 0 Å². The van der Waals surface area contributed by atoms with Crippen molar-refractivity contribution in [1.82, 2.24) is 4.90 Å². The molecule has 0 aromatic rings. The monoisotopic (exact) mass is 151 g/mol. The summed E-state index contributed by atoms with van der Waals surface area (Å²) in [6.07, 6.45) is 3.17. The number of nitrogens with two attached hydrogens (primary N) is 1. The molecule has 0 spiro atoms. The highest BCUT2D eigenvalue weighted by molar-refractivity contribution is 6.04. The van der Waals surface area contributed by atoms with Gasteiger partial charge < -0.3 is 5.73 Å². The third-order valence-electron chi connectivity index (χ3n) is 1.68. The molecule has 0 bridgehead atoms. The predicted molar refractivity (Wildman–Crippen MR) is 47.4 cm³/mol. The van der Waals surface area contributed by atoms with Gasteiger partial charge in [-0.15, -0.1) is 0 Å². The molecule has 3 nitrogen and oxygen atoms in total. The van der Waals surface area contributed by atoms with E-state index in [2.05, 4.69) is 16.5 Å². The maximum atomic E-state index is 5.41. The molecule has 0 aliphatic carbocycles. The maximum absolute atomic E-state index is 5.41. The molecule has 0 radical (unpaired) electrons. The van der Waals surface area contributed by atoms with E-state index in [0.717, 1.165) is 24.4 Å². The van der Waals surface area contributed by atoms with E-state index >= 15 is 0 Å². The molecular weight excluding hydrogens is 138 g/mol. The second-order valence-electron chi connectivity index (χ2n) is 2.62. The van der Waals surface area contributed by atoms with Crippen molar-refractivity contribution in [2.45, 2.75) is 0 Å². The van der Waals surface area contributed by atoms with Gasteiger partial charge in [0.1, 0.15) is 0 Å². The fourth-order valence-corrected chi connectivity index (χ4v) is 1.18. The van der Waals surface area contributed by atoms with Crippen LogP contribution in [0.25, 0.3) is 0 Å². The first-order valence-electron chi connectivity index (χ1n) is 3.55. The molecule has 1 rings (SSSR count). The Kier molecular flexibility index (Phi) is 2.44. The van der Waals surface area contributed by atoms with Crippen molar-refractivity contribution in [3.05, 3.63) is 24.6 Å². The van der Waals surface area contributed by atoms with Crippen molar-refractivity contribution < 1.29 is 0 Å². The molecule has 0 amide bonds. The Balaban J connectivity index is 2.81. The summed E-state index contributed by atoms with van der Waals surface area (Å²) >= 11 is 0. The normalized spacial score (nSPS) is 26.6. The van der Waals surface area contributed by atoms with Crippen LogP contribution in [0.1, 0.15) is 0 Å². The van der Waals surface area contributed by atoms with Gasteiger partial charge in [0.05, 0.1) is 5.71 Å². The summed E-state index contributed by atoms with van der Waals surface area (Å²) in [4.78, 5) is 6.27. The van der Waals surface area contributed by atoms with Gasteiger partial charge >= 0.3 is 0 Å². The molecule has 0 atom stereocenters. The molecule has 1 fully saturated rings. The zero-order chi connectivity index (χ0) is 8.27. The molecule has 2 N–H and O–H groups in total. The number of aliphatic imine (C=N–C) groups is 1. The minimum absolute atomic E-state index is 0.870. The first kappa shape index (κ1) is 8.01. The van der Waals surface area contributed by atoms with Crippen LogP contribution in [0, 0.1) is 0 Å². The fraction of sp³-hybridized carbons (Fsp3) is 0.375. The summed E-state index contributed by atoms with van der Waals surface area (Å²) in [6, 6.07) is 0. The smallest absolute Gasteiger partial charge is 0.0602 e. The van der Waals surface area contributed by atoms with E-state index in [1.807, 2.05) is 7.05 Å². The van der Waals surface area contributed by atoms with Gasteiger partial charge in [-0.25, -0.2) is 0 Å². The summed E-state index contributed by atoms with van der Waals surface area (Å²) in [6.45, 7) is 5.31. The number of hydrogen-bond acceptors (Lipinski definition) is 3. The minimum Gasteiger partial charge on any atom is -0.404 e. The van der Waals surface area contributed by atoms with Crippen LogP contribution < -0.4 is 5.73 Å². The molecule has 0 unspecified atom stereocenters. The lowest BCUT2D eigenvalue weighted by Crippen LogP contribution is -2.13. The number of likely N-dealkylation sites (N-methyl/N-ethyl adjacent to an activating group) is 1. The highest BCUT2D eigenvalue weighted by Crippen LogP contribution is 2.09. The van der Waals surface area contributed by atoms with Gasteiger partial charge in [-0.3, -0.25) is 9.89 Å². The molecule has 1 heterocycles. The molecule has 1 aliphatic heterocycles. The van der Waals surface area contributed by atoms with Crippen molar-refractivity contribution in [1.29, 1.82) is 0 Å². The number of hydrogen-bond donors (Lipinski definition) is 1. The van der Waals surface area contributed by atoms with Crippen LogP contribution in [0.3, 0.4) is 0 Å². The number of nitrogens with zero attached hydrogens (tertiary/aromatic N) is 2. The van der Waals surface area contributed by atoms with E-state index in [4.69, 9.17) is 5.73 Å². The maximum Gasteiger partial charge on any atom is 0.0602 e. The van der Waals surface area contributed by atoms with Gasteiger partial charge in [-0.05, 0) is 7.05 Å². The van der Waals surface area contributed by atoms with E-state index in [1.165, 1.54) is 0 Å². The quantitative estimate of drug-likeness (QED) is 0.588. The van der Waals surface area contributed by atoms with Crippen molar-refractivity contribution >= 4 is 5.71 Å². The largest absolute Gasteiger partial charge is 0.404 e. The molecule has 0 saturated carbocycles. The molecule has 3 heteroatoms. The van der Waals surface area contributed by atoms with Crippen LogP contribution in [0.15, 0.2) is 29.5 Å². The third-order valence-corrected chi connectivity index (χ3v) is 1.68. The second kappa shape index (κ2) is 3.34. The van der Waals surface area contributed by atoms with E-state index < -0.39 is 0 Å². The molecule has 11 heavy (non-hydrogen) atoms. The Labute approximate surface area is 66.9 Å². The summed E-state index contributed by atoms with van der Waals surface area (Å²) in [7, 11) is 2.04. The molecule has 60 valence electrons. The fourth-order valence-electron chi connectivity index (χ4n) is 1.18. The standard InChI is InChI=1S/C8H13N3/c1-3-10-8-6-11(2)5-7(8)4-9/h3-4H,1,5-6,9H2,2H3/b7-4-,10-8?. The highest BCUT2D eigenvalue weighted by Gasteiger charge is 2.18. The van der Waals surface area contributed by atoms with Crippen LogP contribution in [0.4, 0.5) is 0 Å². The topological polar surface area (TPSA) is 41.6 Å². The first-order chi connectivity index (χ1) is 5.27. The average Bonchev–Trinajstić information content (AvgIpc) is 2.32. The summed E-state index contributed by atoms with van der Waals surface area (Å²) < 4.78 is 0. The minimum atomic E-state index is 0.870. The molecular formula is C8H13N3. The molecule has 0 aromatic heterocycles. The van der Waals surface area contributed by atoms with Gasteiger partial charge in [-0.2, -0.15) is 0 Å². The van der Waals surface area contributed by atoms with Gasteiger partial charge in [0.25, 0.3) is 0 Å². The van der Waals surface area contributed by atoms with Crippen molar-refractivity contribution in [3.8, 4) is 0 Å². The Morgan fingerprint density at radius 2 is 2.36 bits per heavy atom. The number of likely N-dealkylation sites (tertiary alicyclic amines) is 1. The molecule has 1 saturated heterocycles. The highest BCUT2D eigenvalue weighted by atomic mass is 15.1. The number of rotatable bonds is 1. The van der Waals surface area contributed by atoms with E-state index in [-0.39, 0.29) is 0 Å². The van der Waals surface area contributed by atoms with Crippen molar-refractivity contribution in [3.63, 3.8) is 0 Å². The van der Waals surface area contributed by atoms with Crippen LogP contribution in [-0.4, -0.2) is 30.7 Å². The van der Waals surface area contributed by atoms with Gasteiger partial charge in [0.15, 0.2) is 0 Å². The summed E-state index contributed by atoms with van der Waals surface area (Å²) in [5.41, 5.74) is 7.55. The van der Waals surface area contributed by atoms with Gasteiger partial charge in [0.2, 0.25) is 0 Å². The molecule has 0 aromatic carbocycles. The third kappa shape index (κ3) is 1.68. The van der Waals surface area contributed by atoms with Crippen LogP contribution in [-0.2, 0) is 0 Å².